The predicted octanol–water partition coefficient (Wildman–Crippen LogP) is 2.53. The predicted molar refractivity (Wildman–Crippen MR) is 65.9 cm³/mol. The SMILES string of the molecule is C[C@@H]1C(=O)O[C@H]2C[C@H](C)[C@@H]3CC[C@@]4(C)O[C@@]34C[C@@H]21. The molecule has 0 radical (unpaired) electrons. The first-order valence-electron chi connectivity index (χ1n) is 7.37. The van der Waals surface area contributed by atoms with Crippen molar-refractivity contribution in [3.05, 3.63) is 0 Å². The maximum absolute atomic E-state index is 11.8. The molecule has 100 valence electrons. The van der Waals surface area contributed by atoms with Gasteiger partial charge in [0.15, 0.2) is 0 Å². The molecule has 2 saturated heterocycles. The molecule has 0 unspecified atom stereocenters. The lowest BCUT2D eigenvalue weighted by Crippen LogP contribution is -2.31. The van der Waals surface area contributed by atoms with Gasteiger partial charge >= 0.3 is 5.97 Å². The van der Waals surface area contributed by atoms with Crippen molar-refractivity contribution in [3.8, 4) is 0 Å². The summed E-state index contributed by atoms with van der Waals surface area (Å²) in [5.41, 5.74) is 0.181. The fourth-order valence-electron chi connectivity index (χ4n) is 5.18. The molecule has 1 spiro atoms. The van der Waals surface area contributed by atoms with Crippen LogP contribution in [-0.2, 0) is 14.3 Å². The summed E-state index contributed by atoms with van der Waals surface area (Å²) in [7, 11) is 0. The molecule has 7 atom stereocenters. The number of epoxide rings is 1. The normalized spacial score (nSPS) is 61.5. The zero-order chi connectivity index (χ0) is 12.7. The number of carbonyl (C=O) groups excluding carboxylic acids is 1. The summed E-state index contributed by atoms with van der Waals surface area (Å²) >= 11 is 0. The van der Waals surface area contributed by atoms with Crippen molar-refractivity contribution in [3.63, 3.8) is 0 Å². The number of hydrogen-bond donors (Lipinski definition) is 0. The summed E-state index contributed by atoms with van der Waals surface area (Å²) in [4.78, 5) is 11.8. The third-order valence-electron chi connectivity index (χ3n) is 6.38. The first-order chi connectivity index (χ1) is 8.47. The van der Waals surface area contributed by atoms with Gasteiger partial charge in [-0.15, -0.1) is 0 Å². The Morgan fingerprint density at radius 1 is 1.33 bits per heavy atom. The molecule has 3 nitrogen and oxygen atoms in total. The summed E-state index contributed by atoms with van der Waals surface area (Å²) in [6.07, 6.45) is 4.71. The Morgan fingerprint density at radius 2 is 2.11 bits per heavy atom. The van der Waals surface area contributed by atoms with Gasteiger partial charge in [-0.1, -0.05) is 13.8 Å². The van der Waals surface area contributed by atoms with E-state index in [9.17, 15) is 4.79 Å². The molecule has 2 heterocycles. The second-order valence-electron chi connectivity index (χ2n) is 7.21. The Labute approximate surface area is 108 Å². The van der Waals surface area contributed by atoms with Crippen molar-refractivity contribution >= 4 is 5.97 Å². The van der Waals surface area contributed by atoms with E-state index in [0.29, 0.717) is 17.8 Å². The van der Waals surface area contributed by atoms with Crippen LogP contribution in [-0.4, -0.2) is 23.3 Å². The van der Waals surface area contributed by atoms with E-state index >= 15 is 0 Å². The van der Waals surface area contributed by atoms with Crippen LogP contribution in [0.2, 0.25) is 0 Å². The van der Waals surface area contributed by atoms with Gasteiger partial charge in [0.2, 0.25) is 0 Å². The van der Waals surface area contributed by atoms with Crippen LogP contribution in [0.25, 0.3) is 0 Å². The number of esters is 1. The molecule has 2 saturated carbocycles. The lowest BCUT2D eigenvalue weighted by atomic mass is 9.78. The average molecular weight is 250 g/mol. The molecule has 0 amide bonds. The van der Waals surface area contributed by atoms with Gasteiger partial charge in [0, 0.05) is 5.92 Å². The zero-order valence-corrected chi connectivity index (χ0v) is 11.4. The standard InChI is InChI=1S/C15H22O3/c1-8-6-12-10(9(2)13(16)17-12)7-15-11(8)4-5-14(15,3)18-15/h8-12H,4-7H2,1-3H3/t8-,9-,10+,11-,12-,14+,15-/m0/s1. The molecule has 18 heavy (non-hydrogen) atoms. The quantitative estimate of drug-likeness (QED) is 0.490. The number of fused-ring (bicyclic) bond motifs is 1. The molecule has 2 aliphatic carbocycles. The van der Waals surface area contributed by atoms with E-state index in [4.69, 9.17) is 9.47 Å². The maximum atomic E-state index is 11.8. The molecule has 0 aromatic rings. The molecule has 4 fully saturated rings. The Morgan fingerprint density at radius 3 is 2.83 bits per heavy atom. The number of carbonyl (C=O) groups is 1. The largest absolute Gasteiger partial charge is 0.462 e. The molecule has 0 aromatic carbocycles. The van der Waals surface area contributed by atoms with Gasteiger partial charge in [0.25, 0.3) is 0 Å². The molecule has 4 aliphatic rings. The van der Waals surface area contributed by atoms with Crippen molar-refractivity contribution < 1.29 is 14.3 Å². The minimum absolute atomic E-state index is 0.00685. The van der Waals surface area contributed by atoms with Crippen LogP contribution in [0.3, 0.4) is 0 Å². The van der Waals surface area contributed by atoms with Gasteiger partial charge in [-0.05, 0) is 44.4 Å². The van der Waals surface area contributed by atoms with Gasteiger partial charge in [-0.25, -0.2) is 0 Å². The van der Waals surface area contributed by atoms with Gasteiger partial charge in [0.05, 0.1) is 11.5 Å². The summed E-state index contributed by atoms with van der Waals surface area (Å²) in [6, 6.07) is 0. The highest BCUT2D eigenvalue weighted by Gasteiger charge is 2.76. The highest BCUT2D eigenvalue weighted by Crippen LogP contribution is 2.69. The Bertz CT molecular complexity index is 420. The second kappa shape index (κ2) is 3.12. The van der Waals surface area contributed by atoms with E-state index < -0.39 is 0 Å². The fourth-order valence-corrected chi connectivity index (χ4v) is 5.18. The molecular weight excluding hydrogens is 228 g/mol. The minimum Gasteiger partial charge on any atom is -0.462 e. The van der Waals surface area contributed by atoms with E-state index in [1.54, 1.807) is 0 Å². The molecule has 3 heteroatoms. The van der Waals surface area contributed by atoms with Crippen molar-refractivity contribution in [1.82, 2.24) is 0 Å². The van der Waals surface area contributed by atoms with Crippen LogP contribution >= 0.6 is 0 Å². The van der Waals surface area contributed by atoms with Crippen LogP contribution in [0.4, 0.5) is 0 Å². The first kappa shape index (κ1) is 11.3. The Kier molecular flexibility index (Phi) is 1.95. The lowest BCUT2D eigenvalue weighted by molar-refractivity contribution is -0.144. The van der Waals surface area contributed by atoms with Gasteiger partial charge in [0.1, 0.15) is 11.7 Å². The summed E-state index contributed by atoms with van der Waals surface area (Å²) in [5, 5.41) is 0. The van der Waals surface area contributed by atoms with Gasteiger partial charge < -0.3 is 9.47 Å². The maximum Gasteiger partial charge on any atom is 0.309 e. The molecular formula is C15H22O3. The summed E-state index contributed by atoms with van der Waals surface area (Å²) < 4.78 is 11.8. The minimum atomic E-state index is 0.00685. The smallest absolute Gasteiger partial charge is 0.309 e. The van der Waals surface area contributed by atoms with Crippen molar-refractivity contribution in [2.75, 3.05) is 0 Å². The van der Waals surface area contributed by atoms with Gasteiger partial charge in [-0.2, -0.15) is 0 Å². The van der Waals surface area contributed by atoms with Gasteiger partial charge in [-0.3, -0.25) is 4.79 Å². The number of ether oxygens (including phenoxy) is 2. The van der Waals surface area contributed by atoms with Crippen LogP contribution in [0.1, 0.15) is 46.5 Å². The third kappa shape index (κ3) is 1.13. The van der Waals surface area contributed by atoms with Crippen molar-refractivity contribution in [2.24, 2.45) is 23.7 Å². The van der Waals surface area contributed by atoms with E-state index in [-0.39, 0.29) is 29.2 Å². The summed E-state index contributed by atoms with van der Waals surface area (Å²) in [6.45, 7) is 6.62. The Hall–Kier alpha value is -0.570. The molecule has 4 rings (SSSR count). The zero-order valence-electron chi connectivity index (χ0n) is 11.4. The Balaban J connectivity index is 1.71. The van der Waals surface area contributed by atoms with Crippen LogP contribution in [0.5, 0.6) is 0 Å². The lowest BCUT2D eigenvalue weighted by Gasteiger charge is -2.24. The van der Waals surface area contributed by atoms with Crippen molar-refractivity contribution in [1.29, 1.82) is 0 Å². The molecule has 0 aromatic heterocycles. The molecule has 0 bridgehead atoms. The highest BCUT2D eigenvalue weighted by atomic mass is 16.6. The first-order valence-corrected chi connectivity index (χ1v) is 7.37. The summed E-state index contributed by atoms with van der Waals surface area (Å²) in [5.74, 6) is 1.74. The number of hydrogen-bond acceptors (Lipinski definition) is 3. The molecule has 0 N–H and O–H groups in total. The topological polar surface area (TPSA) is 38.8 Å². The second-order valence-corrected chi connectivity index (χ2v) is 7.21. The van der Waals surface area contributed by atoms with E-state index in [0.717, 1.165) is 12.8 Å². The third-order valence-corrected chi connectivity index (χ3v) is 6.38. The fraction of sp³-hybridized carbons (Fsp3) is 0.933. The van der Waals surface area contributed by atoms with Crippen molar-refractivity contribution in [2.45, 2.75) is 63.8 Å². The van der Waals surface area contributed by atoms with E-state index in [2.05, 4.69) is 13.8 Å². The highest BCUT2D eigenvalue weighted by molar-refractivity contribution is 5.75. The van der Waals surface area contributed by atoms with E-state index in [1.165, 1.54) is 12.8 Å². The van der Waals surface area contributed by atoms with Crippen LogP contribution in [0, 0.1) is 23.7 Å². The van der Waals surface area contributed by atoms with Crippen LogP contribution < -0.4 is 0 Å². The van der Waals surface area contributed by atoms with E-state index in [1.807, 2.05) is 6.92 Å². The molecule has 2 aliphatic heterocycles. The average Bonchev–Trinajstić information content (AvgIpc) is 2.72. The monoisotopic (exact) mass is 250 g/mol. The van der Waals surface area contributed by atoms with Crippen LogP contribution in [0.15, 0.2) is 0 Å². The number of rotatable bonds is 0.